The smallest absolute Gasteiger partial charge is 0.425 e. The second-order valence-corrected chi connectivity index (χ2v) is 8.14. The minimum Gasteiger partial charge on any atom is -0.448 e. The first kappa shape index (κ1) is 23.7. The molecule has 1 aliphatic heterocycles. The van der Waals surface area contributed by atoms with Gasteiger partial charge in [0.15, 0.2) is 0 Å². The molecule has 0 aliphatic carbocycles. The van der Waals surface area contributed by atoms with E-state index in [9.17, 15) is 9.00 Å². The highest BCUT2D eigenvalue weighted by Gasteiger charge is 2.29. The van der Waals surface area contributed by atoms with Crippen molar-refractivity contribution in [3.8, 4) is 0 Å². The summed E-state index contributed by atoms with van der Waals surface area (Å²) in [5.74, 6) is 3.67. The molecule has 146 valence electrons. The molecule has 6 heteroatoms. The van der Waals surface area contributed by atoms with Crippen molar-refractivity contribution >= 4 is 21.7 Å². The van der Waals surface area contributed by atoms with Gasteiger partial charge in [-0.15, -0.1) is 4.41 Å². The van der Waals surface area contributed by atoms with Crippen LogP contribution in [0.3, 0.4) is 0 Å². The third kappa shape index (κ3) is 9.12. The first-order valence-electron chi connectivity index (χ1n) is 9.22. The fraction of sp³-hybridized carbons (Fsp3) is 0.684. The molecule has 0 N–H and O–H groups in total. The fourth-order valence-corrected chi connectivity index (χ4v) is 3.61. The summed E-state index contributed by atoms with van der Waals surface area (Å²) in [7, 11) is -2.43. The third-order valence-corrected chi connectivity index (χ3v) is 5.00. The summed E-state index contributed by atoms with van der Waals surface area (Å²) >= 11 is 0. The highest BCUT2D eigenvalue weighted by molar-refractivity contribution is 7.97. The number of carbonyl (C=O) groups is 1. The van der Waals surface area contributed by atoms with Gasteiger partial charge in [0.05, 0.1) is 6.61 Å². The molecule has 0 bridgehead atoms. The number of amides is 1. The van der Waals surface area contributed by atoms with E-state index in [0.717, 1.165) is 32.1 Å². The SMILES string of the molecule is C=S(C)(=O)N1CCCCN1C(=O)OCCCCC(/C=C\C)=C/C.CC. The molecular weight excluding hydrogens is 336 g/mol. The van der Waals surface area contributed by atoms with Gasteiger partial charge in [-0.05, 0) is 51.8 Å². The topological polar surface area (TPSA) is 49.9 Å². The first-order valence-corrected chi connectivity index (χ1v) is 11.3. The Balaban J connectivity index is 0.00000277. The molecule has 1 amide bonds. The molecule has 1 fully saturated rings. The number of ether oxygens (including phenoxy) is 1. The molecule has 0 aromatic rings. The number of rotatable bonds is 7. The van der Waals surface area contributed by atoms with E-state index in [2.05, 4.69) is 18.0 Å². The van der Waals surface area contributed by atoms with Gasteiger partial charge in [-0.2, -0.15) is 0 Å². The van der Waals surface area contributed by atoms with Crippen LogP contribution in [-0.4, -0.2) is 51.5 Å². The van der Waals surface area contributed by atoms with E-state index in [0.29, 0.717) is 19.7 Å². The van der Waals surface area contributed by atoms with Crippen molar-refractivity contribution in [2.75, 3.05) is 26.0 Å². The zero-order valence-corrected chi connectivity index (χ0v) is 17.4. The van der Waals surface area contributed by atoms with Gasteiger partial charge in [0.2, 0.25) is 0 Å². The maximum Gasteiger partial charge on any atom is 0.425 e. The van der Waals surface area contributed by atoms with Gasteiger partial charge in [0, 0.05) is 29.1 Å². The number of hydrazine groups is 1. The van der Waals surface area contributed by atoms with E-state index in [-0.39, 0.29) is 0 Å². The number of unbranched alkanes of at least 4 members (excludes halogenated alkanes) is 1. The summed E-state index contributed by atoms with van der Waals surface area (Å²) in [6, 6.07) is 0. The molecule has 1 unspecified atom stereocenters. The Bertz CT molecular complexity index is 539. The molecule has 25 heavy (non-hydrogen) atoms. The minimum atomic E-state index is -2.43. The lowest BCUT2D eigenvalue weighted by Crippen LogP contribution is -2.52. The van der Waals surface area contributed by atoms with Gasteiger partial charge < -0.3 is 4.74 Å². The minimum absolute atomic E-state index is 0.387. The largest absolute Gasteiger partial charge is 0.448 e. The van der Waals surface area contributed by atoms with Crippen LogP contribution in [0.1, 0.15) is 59.8 Å². The van der Waals surface area contributed by atoms with Crippen molar-refractivity contribution in [3.63, 3.8) is 0 Å². The summed E-state index contributed by atoms with van der Waals surface area (Å²) in [5.41, 5.74) is 1.30. The maximum atomic E-state index is 12.2. The van der Waals surface area contributed by atoms with Crippen LogP contribution in [0.5, 0.6) is 0 Å². The van der Waals surface area contributed by atoms with Gasteiger partial charge in [-0.25, -0.2) is 9.80 Å². The lowest BCUT2D eigenvalue weighted by Gasteiger charge is -2.37. The van der Waals surface area contributed by atoms with E-state index in [1.54, 1.807) is 10.7 Å². The second kappa shape index (κ2) is 13.0. The van der Waals surface area contributed by atoms with Crippen LogP contribution in [0.2, 0.25) is 0 Å². The molecule has 0 spiro atoms. The predicted molar refractivity (Wildman–Crippen MR) is 109 cm³/mol. The molecular formula is C19H36N2O3S. The van der Waals surface area contributed by atoms with Crippen LogP contribution >= 0.6 is 0 Å². The van der Waals surface area contributed by atoms with Crippen LogP contribution < -0.4 is 0 Å². The fourth-order valence-electron chi connectivity index (χ4n) is 2.53. The van der Waals surface area contributed by atoms with Crippen molar-refractivity contribution < 1.29 is 13.7 Å². The van der Waals surface area contributed by atoms with E-state index >= 15 is 0 Å². The Morgan fingerprint density at radius 3 is 2.40 bits per heavy atom. The maximum absolute atomic E-state index is 12.2. The van der Waals surface area contributed by atoms with E-state index in [4.69, 9.17) is 4.74 Å². The van der Waals surface area contributed by atoms with E-state index in [1.807, 2.05) is 33.8 Å². The Morgan fingerprint density at radius 2 is 1.84 bits per heavy atom. The van der Waals surface area contributed by atoms with E-state index in [1.165, 1.54) is 10.6 Å². The molecule has 0 saturated carbocycles. The summed E-state index contributed by atoms with van der Waals surface area (Å²) < 4.78 is 19.1. The van der Waals surface area contributed by atoms with Gasteiger partial charge in [-0.3, -0.25) is 4.21 Å². The first-order chi connectivity index (χ1) is 11.9. The molecule has 1 heterocycles. The Kier molecular flexibility index (Phi) is 12.3. The molecule has 5 nitrogen and oxygen atoms in total. The quantitative estimate of drug-likeness (QED) is 0.378. The standard InChI is InChI=1S/C17H30N2O3S.C2H6/c1-5-11-16(6-2)12-7-10-15-22-17(20)18-13-8-9-14-19(18)23(3,4)21;1-2/h5-6,11H,3,7-10,12-15H2,1-2,4H3;1-2H3/b11-5-,16-6+;. The van der Waals surface area contributed by atoms with Gasteiger partial charge in [-0.1, -0.05) is 37.6 Å². The monoisotopic (exact) mass is 372 g/mol. The number of allylic oxidation sites excluding steroid dienone is 4. The molecule has 1 aliphatic rings. The summed E-state index contributed by atoms with van der Waals surface area (Å²) in [6.45, 7) is 9.55. The van der Waals surface area contributed by atoms with Gasteiger partial charge >= 0.3 is 6.09 Å². The molecule has 1 saturated heterocycles. The van der Waals surface area contributed by atoms with Crippen LogP contribution in [-0.2, 0) is 14.4 Å². The molecule has 0 radical (unpaired) electrons. The van der Waals surface area contributed by atoms with E-state index < -0.39 is 15.8 Å². The van der Waals surface area contributed by atoms with Gasteiger partial charge in [0.1, 0.15) is 0 Å². The van der Waals surface area contributed by atoms with Crippen molar-refractivity contribution in [3.05, 3.63) is 23.8 Å². The normalized spacial score (nSPS) is 18.4. The molecule has 0 aromatic carbocycles. The number of hydrogen-bond acceptors (Lipinski definition) is 3. The Hall–Kier alpha value is -1.27. The predicted octanol–water partition coefficient (Wildman–Crippen LogP) is 4.42. The Morgan fingerprint density at radius 1 is 1.20 bits per heavy atom. The highest BCUT2D eigenvalue weighted by Crippen LogP contribution is 2.16. The molecule has 0 aromatic heterocycles. The lowest BCUT2D eigenvalue weighted by atomic mass is 10.1. The van der Waals surface area contributed by atoms with Crippen LogP contribution in [0.25, 0.3) is 0 Å². The molecule has 1 atom stereocenters. The number of hydrogen-bond donors (Lipinski definition) is 0. The average Bonchev–Trinajstić information content (AvgIpc) is 2.61. The molecule has 1 rings (SSSR count). The third-order valence-electron chi connectivity index (χ3n) is 3.73. The zero-order valence-electron chi connectivity index (χ0n) is 16.6. The van der Waals surface area contributed by atoms with Crippen LogP contribution in [0, 0.1) is 0 Å². The van der Waals surface area contributed by atoms with Crippen molar-refractivity contribution in [2.45, 2.75) is 59.8 Å². The summed E-state index contributed by atoms with van der Waals surface area (Å²) in [4.78, 5) is 12.2. The van der Waals surface area contributed by atoms with Crippen molar-refractivity contribution in [1.82, 2.24) is 9.42 Å². The van der Waals surface area contributed by atoms with Crippen molar-refractivity contribution in [1.29, 1.82) is 0 Å². The average molecular weight is 373 g/mol. The van der Waals surface area contributed by atoms with Gasteiger partial charge in [0.25, 0.3) is 0 Å². The van der Waals surface area contributed by atoms with Crippen molar-refractivity contribution in [2.24, 2.45) is 0 Å². The second-order valence-electron chi connectivity index (χ2n) is 5.80. The van der Waals surface area contributed by atoms with Crippen LogP contribution in [0.4, 0.5) is 4.79 Å². The lowest BCUT2D eigenvalue weighted by molar-refractivity contribution is 0.0173. The summed E-state index contributed by atoms with van der Waals surface area (Å²) in [6.07, 6.45) is 12.0. The Labute approximate surface area is 154 Å². The van der Waals surface area contributed by atoms with Crippen LogP contribution in [0.15, 0.2) is 23.8 Å². The number of carbonyl (C=O) groups excluding carboxylic acids is 1. The summed E-state index contributed by atoms with van der Waals surface area (Å²) in [5, 5.41) is 1.45. The zero-order chi connectivity index (χ0) is 19.3. The number of nitrogens with zero attached hydrogens (tertiary/aromatic N) is 2. The highest BCUT2D eigenvalue weighted by atomic mass is 32.2.